The van der Waals surface area contributed by atoms with Crippen LogP contribution in [0.15, 0.2) is 0 Å². The van der Waals surface area contributed by atoms with E-state index in [0.29, 0.717) is 19.0 Å². The second-order valence-corrected chi connectivity index (χ2v) is 8.69. The highest BCUT2D eigenvalue weighted by atomic mass is 16.3. The number of nitrogens with zero attached hydrogens (tertiary/aromatic N) is 3. The topological polar surface area (TPSA) is 92.1 Å². The number of hydrogen-bond acceptors (Lipinski definition) is 4. The first kappa shape index (κ1) is 18.2. The summed E-state index contributed by atoms with van der Waals surface area (Å²) in [5.74, 6) is 2.44. The standard InChI is InChI=1S/C18H31N5O2/c1-17(2,3)13-6-8-18(25,9-7-13)12-20-16(24)19-11-15-22-21-14-5-4-10-23(14)15/h13,25H,4-12H2,1-3H3,(H2,19,20,24). The highest BCUT2D eigenvalue weighted by molar-refractivity contribution is 5.73. The number of aliphatic hydroxyl groups is 1. The van der Waals surface area contributed by atoms with Crippen LogP contribution < -0.4 is 10.6 Å². The number of rotatable bonds is 4. The monoisotopic (exact) mass is 349 g/mol. The fraction of sp³-hybridized carbons (Fsp3) is 0.833. The normalized spacial score (nSPS) is 26.3. The van der Waals surface area contributed by atoms with E-state index in [-0.39, 0.29) is 11.4 Å². The zero-order valence-corrected chi connectivity index (χ0v) is 15.6. The zero-order chi connectivity index (χ0) is 18.1. The quantitative estimate of drug-likeness (QED) is 0.775. The van der Waals surface area contributed by atoms with Gasteiger partial charge in [-0.3, -0.25) is 0 Å². The molecule has 3 rings (SSSR count). The number of nitrogens with one attached hydrogen (secondary N) is 2. The molecule has 0 radical (unpaired) electrons. The average Bonchev–Trinajstić information content (AvgIpc) is 3.14. The summed E-state index contributed by atoms with van der Waals surface area (Å²) in [5.41, 5.74) is -0.500. The van der Waals surface area contributed by atoms with Crippen molar-refractivity contribution in [3.8, 4) is 0 Å². The van der Waals surface area contributed by atoms with Gasteiger partial charge < -0.3 is 20.3 Å². The van der Waals surface area contributed by atoms with Crippen LogP contribution in [0.25, 0.3) is 0 Å². The van der Waals surface area contributed by atoms with Crippen molar-refractivity contribution < 1.29 is 9.90 Å². The molecule has 1 aliphatic carbocycles. The van der Waals surface area contributed by atoms with Gasteiger partial charge in [-0.25, -0.2) is 4.79 Å². The molecule has 0 bridgehead atoms. The minimum Gasteiger partial charge on any atom is -0.388 e. The second kappa shape index (κ2) is 6.94. The molecule has 7 nitrogen and oxygen atoms in total. The van der Waals surface area contributed by atoms with E-state index in [9.17, 15) is 9.90 Å². The number of amides is 2. The lowest BCUT2D eigenvalue weighted by Gasteiger charge is -2.41. The summed E-state index contributed by atoms with van der Waals surface area (Å²) in [6, 6.07) is -0.262. The lowest BCUT2D eigenvalue weighted by atomic mass is 9.68. The summed E-state index contributed by atoms with van der Waals surface area (Å²) in [5, 5.41) is 24.6. The molecule has 1 fully saturated rings. The van der Waals surface area contributed by atoms with Crippen LogP contribution in [0.1, 0.15) is 64.5 Å². The third kappa shape index (κ3) is 4.32. The Morgan fingerprint density at radius 2 is 2.00 bits per heavy atom. The summed E-state index contributed by atoms with van der Waals surface area (Å²) in [6.45, 7) is 8.37. The van der Waals surface area contributed by atoms with Crippen LogP contribution in [0.5, 0.6) is 0 Å². The maximum absolute atomic E-state index is 12.1. The zero-order valence-electron chi connectivity index (χ0n) is 15.6. The molecule has 7 heteroatoms. The van der Waals surface area contributed by atoms with Gasteiger partial charge in [-0.1, -0.05) is 20.8 Å². The van der Waals surface area contributed by atoms with Crippen molar-refractivity contribution in [3.63, 3.8) is 0 Å². The molecular weight excluding hydrogens is 318 g/mol. The van der Waals surface area contributed by atoms with Crippen LogP contribution in [0.2, 0.25) is 0 Å². The van der Waals surface area contributed by atoms with E-state index in [1.807, 2.05) is 0 Å². The van der Waals surface area contributed by atoms with E-state index in [2.05, 4.69) is 46.2 Å². The van der Waals surface area contributed by atoms with Gasteiger partial charge in [-0.2, -0.15) is 0 Å². The van der Waals surface area contributed by atoms with Gasteiger partial charge in [-0.15, -0.1) is 10.2 Å². The minimum absolute atomic E-state index is 0.262. The first-order valence-corrected chi connectivity index (χ1v) is 9.42. The summed E-state index contributed by atoms with van der Waals surface area (Å²) in [4.78, 5) is 12.1. The van der Waals surface area contributed by atoms with Crippen LogP contribution in [-0.4, -0.2) is 38.0 Å². The smallest absolute Gasteiger partial charge is 0.315 e. The first-order valence-electron chi connectivity index (χ1n) is 9.42. The van der Waals surface area contributed by atoms with Gasteiger partial charge in [0.15, 0.2) is 5.82 Å². The van der Waals surface area contributed by atoms with Crippen molar-refractivity contribution in [2.24, 2.45) is 11.3 Å². The molecule has 1 aromatic rings. The van der Waals surface area contributed by atoms with E-state index in [4.69, 9.17) is 0 Å². The van der Waals surface area contributed by atoms with Crippen LogP contribution in [0.4, 0.5) is 4.79 Å². The number of carbonyl (C=O) groups excluding carboxylic acids is 1. The van der Waals surface area contributed by atoms with Crippen LogP contribution in [-0.2, 0) is 19.5 Å². The van der Waals surface area contributed by atoms with E-state index < -0.39 is 5.60 Å². The molecule has 140 valence electrons. The number of hydrogen-bond donors (Lipinski definition) is 3. The van der Waals surface area contributed by atoms with E-state index in [1.165, 1.54) is 0 Å². The number of aryl methyl sites for hydroxylation is 1. The Morgan fingerprint density at radius 3 is 2.68 bits per heavy atom. The number of aromatic nitrogens is 3. The number of urea groups is 1. The summed E-state index contributed by atoms with van der Waals surface area (Å²) in [7, 11) is 0. The highest BCUT2D eigenvalue weighted by Crippen LogP contribution is 2.41. The summed E-state index contributed by atoms with van der Waals surface area (Å²) < 4.78 is 2.07. The average molecular weight is 349 g/mol. The molecule has 0 aromatic carbocycles. The fourth-order valence-electron chi connectivity index (χ4n) is 4.01. The molecule has 2 amide bonds. The van der Waals surface area contributed by atoms with Gasteiger partial charge in [0.2, 0.25) is 0 Å². The molecule has 0 unspecified atom stereocenters. The third-order valence-corrected chi connectivity index (χ3v) is 5.81. The molecule has 1 aliphatic heterocycles. The molecular formula is C18H31N5O2. The predicted molar refractivity (Wildman–Crippen MR) is 94.9 cm³/mol. The molecule has 0 spiro atoms. The Hall–Kier alpha value is -1.63. The van der Waals surface area contributed by atoms with Crippen molar-refractivity contribution in [3.05, 3.63) is 11.6 Å². The molecule has 2 aliphatic rings. The van der Waals surface area contributed by atoms with Crippen LogP contribution in [0.3, 0.4) is 0 Å². The van der Waals surface area contributed by atoms with E-state index in [1.54, 1.807) is 0 Å². The SMILES string of the molecule is CC(C)(C)C1CCC(O)(CNC(=O)NCc2nnc3n2CCC3)CC1. The van der Waals surface area contributed by atoms with Crippen molar-refractivity contribution in [1.29, 1.82) is 0 Å². The largest absolute Gasteiger partial charge is 0.388 e. The molecule has 3 N–H and O–H groups in total. The maximum atomic E-state index is 12.1. The lowest BCUT2D eigenvalue weighted by Crippen LogP contribution is -2.48. The molecule has 0 atom stereocenters. The van der Waals surface area contributed by atoms with Crippen molar-refractivity contribution in [2.75, 3.05) is 6.54 Å². The van der Waals surface area contributed by atoms with Crippen molar-refractivity contribution in [1.82, 2.24) is 25.4 Å². The second-order valence-electron chi connectivity index (χ2n) is 8.69. The Labute approximate surface area is 149 Å². The van der Waals surface area contributed by atoms with Crippen molar-refractivity contribution >= 4 is 6.03 Å². The Bertz CT molecular complexity index is 611. The molecule has 0 saturated heterocycles. The van der Waals surface area contributed by atoms with E-state index in [0.717, 1.165) is 56.7 Å². The predicted octanol–water partition coefficient (Wildman–Crippen LogP) is 1.99. The third-order valence-electron chi connectivity index (χ3n) is 5.81. The molecule has 2 heterocycles. The molecule has 1 saturated carbocycles. The van der Waals surface area contributed by atoms with Crippen molar-refractivity contribution in [2.45, 2.75) is 78.0 Å². The first-order chi connectivity index (χ1) is 11.8. The number of fused-ring (bicyclic) bond motifs is 1. The molecule has 1 aromatic heterocycles. The fourth-order valence-corrected chi connectivity index (χ4v) is 4.01. The Morgan fingerprint density at radius 1 is 1.28 bits per heavy atom. The van der Waals surface area contributed by atoms with Crippen LogP contribution >= 0.6 is 0 Å². The maximum Gasteiger partial charge on any atom is 0.315 e. The lowest BCUT2D eigenvalue weighted by molar-refractivity contribution is -0.0218. The summed E-state index contributed by atoms with van der Waals surface area (Å²) in [6.07, 6.45) is 5.55. The van der Waals surface area contributed by atoms with Gasteiger partial charge >= 0.3 is 6.03 Å². The van der Waals surface area contributed by atoms with Gasteiger partial charge in [0.05, 0.1) is 12.1 Å². The van der Waals surface area contributed by atoms with Gasteiger partial charge in [0, 0.05) is 19.5 Å². The van der Waals surface area contributed by atoms with E-state index >= 15 is 0 Å². The minimum atomic E-state index is -0.783. The molecule has 25 heavy (non-hydrogen) atoms. The van der Waals surface area contributed by atoms with Gasteiger partial charge in [0.25, 0.3) is 0 Å². The highest BCUT2D eigenvalue weighted by Gasteiger charge is 2.37. The van der Waals surface area contributed by atoms with Gasteiger partial charge in [-0.05, 0) is 43.4 Å². The van der Waals surface area contributed by atoms with Crippen LogP contribution in [0, 0.1) is 11.3 Å². The Kier molecular flexibility index (Phi) is 5.04. The Balaban J connectivity index is 1.41. The van der Waals surface area contributed by atoms with Gasteiger partial charge in [0.1, 0.15) is 5.82 Å². The number of carbonyl (C=O) groups is 1. The summed E-state index contributed by atoms with van der Waals surface area (Å²) >= 11 is 0.